The lowest BCUT2D eigenvalue weighted by Gasteiger charge is -2.32. The number of nitrogens with zero attached hydrogens (tertiary/aromatic N) is 4. The van der Waals surface area contributed by atoms with E-state index < -0.39 is 53.5 Å². The number of carbonyl (C=O) groups excluding carboxylic acids is 2. The van der Waals surface area contributed by atoms with E-state index in [2.05, 4.69) is 55.9 Å². The zero-order chi connectivity index (χ0) is 67.6. The van der Waals surface area contributed by atoms with Crippen LogP contribution in [0.15, 0.2) is 148 Å². The monoisotopic (exact) mass is 1340 g/mol. The van der Waals surface area contributed by atoms with Crippen molar-refractivity contribution in [3.8, 4) is 11.5 Å². The first-order valence-electron chi connectivity index (χ1n) is 30.9. The first-order valence-corrected chi connectivity index (χ1v) is 35.3. The Kier molecular flexibility index (Phi) is 23.5. The molecule has 0 fully saturated rings. The van der Waals surface area contributed by atoms with E-state index in [0.717, 1.165) is 46.0 Å². The number of sulfonamides is 1. The van der Waals surface area contributed by atoms with Crippen molar-refractivity contribution >= 4 is 86.4 Å². The van der Waals surface area contributed by atoms with Crippen molar-refractivity contribution in [1.82, 2.24) is 14.3 Å². The summed E-state index contributed by atoms with van der Waals surface area (Å²) >= 11 is 0. The molecule has 24 heteroatoms. The van der Waals surface area contributed by atoms with Crippen molar-refractivity contribution in [2.75, 3.05) is 92.6 Å². The molecule has 1 atom stereocenters. The lowest BCUT2D eigenvalue weighted by atomic mass is 9.83. The van der Waals surface area contributed by atoms with Crippen LogP contribution in [0.3, 0.4) is 0 Å². The molecule has 6 aromatic rings. The van der Waals surface area contributed by atoms with Gasteiger partial charge in [0.05, 0.1) is 83.4 Å². The Morgan fingerprint density at radius 3 is 1.90 bits per heavy atom. The number of allylic oxidation sites excluding steroid dienone is 5. The summed E-state index contributed by atoms with van der Waals surface area (Å²) in [5.41, 5.74) is 8.51. The molecule has 0 aromatic heterocycles. The number of Topliss-reactive ketones (excluding diaryl/α,β-unsaturated/α-hetero) is 1. The maximum Gasteiger partial charge on any atom is 0.374 e. The molecule has 93 heavy (non-hydrogen) atoms. The van der Waals surface area contributed by atoms with Crippen LogP contribution in [-0.2, 0) is 70.9 Å². The lowest BCUT2D eigenvalue weighted by molar-refractivity contribution is -0.433. The zero-order valence-electron chi connectivity index (χ0n) is 54.8. The highest BCUT2D eigenvalue weighted by Crippen LogP contribution is 2.52. The Hall–Kier alpha value is -7.20. The molecule has 2 aliphatic rings. The number of likely N-dealkylation sites (N-methyl/N-ethyl adjacent to an activating group) is 1. The number of anilines is 1. The Morgan fingerprint density at radius 1 is 0.710 bits per heavy atom. The third-order valence-corrected chi connectivity index (χ3v) is 20.4. The fraction of sp³-hybridized carbons (Fsp3) is 0.406. The van der Waals surface area contributed by atoms with E-state index in [0.29, 0.717) is 94.4 Å². The quantitative estimate of drug-likeness (QED) is 0.00864. The molecular formula is C69H87N5O16S3+2. The smallest absolute Gasteiger partial charge is 0.374 e. The van der Waals surface area contributed by atoms with Crippen molar-refractivity contribution in [3.05, 3.63) is 155 Å². The highest BCUT2D eigenvalue weighted by Gasteiger charge is 2.48. The molecule has 2 heterocycles. The second-order valence-corrected chi connectivity index (χ2v) is 29.1. The Morgan fingerprint density at radius 2 is 1.30 bits per heavy atom. The van der Waals surface area contributed by atoms with Crippen LogP contribution < -0.4 is 24.3 Å². The molecule has 0 saturated carbocycles. The van der Waals surface area contributed by atoms with Crippen LogP contribution in [0, 0.1) is 19.8 Å². The summed E-state index contributed by atoms with van der Waals surface area (Å²) in [4.78, 5) is 33.0. The number of ether oxygens (including phenoxy) is 5. The fourth-order valence-electron chi connectivity index (χ4n) is 12.4. The van der Waals surface area contributed by atoms with Crippen LogP contribution >= 0.6 is 0 Å². The minimum absolute atomic E-state index is 0.00631. The van der Waals surface area contributed by atoms with Gasteiger partial charge in [0.1, 0.15) is 40.5 Å². The molecule has 0 radical (unpaired) electrons. The van der Waals surface area contributed by atoms with Gasteiger partial charge in [0, 0.05) is 52.8 Å². The van der Waals surface area contributed by atoms with E-state index in [1.165, 1.54) is 42.8 Å². The molecule has 2 aliphatic heterocycles. The number of amides is 1. The zero-order valence-corrected chi connectivity index (χ0v) is 57.3. The lowest BCUT2D eigenvalue weighted by Crippen LogP contribution is -2.51. The predicted octanol–water partition coefficient (Wildman–Crippen LogP) is 10.7. The van der Waals surface area contributed by atoms with Crippen LogP contribution in [0.2, 0.25) is 0 Å². The number of hydrogen-bond acceptors (Lipinski definition) is 15. The Bertz CT molecular complexity index is 4200. The maximum atomic E-state index is 14.1. The molecule has 500 valence electrons. The molecule has 8 rings (SSSR count). The number of methoxy groups -OCH3 is 1. The fourth-order valence-corrected chi connectivity index (χ4v) is 15.7. The van der Waals surface area contributed by atoms with Crippen LogP contribution in [0.4, 0.5) is 17.1 Å². The third-order valence-electron chi connectivity index (χ3n) is 16.8. The number of quaternary nitrogens is 1. The van der Waals surface area contributed by atoms with E-state index in [1.807, 2.05) is 55.5 Å². The van der Waals surface area contributed by atoms with Crippen LogP contribution in [0.25, 0.3) is 21.5 Å². The summed E-state index contributed by atoms with van der Waals surface area (Å²) in [6.45, 7) is 16.2. The van der Waals surface area contributed by atoms with E-state index >= 15 is 0 Å². The Balaban J connectivity index is 0.802. The van der Waals surface area contributed by atoms with Crippen molar-refractivity contribution in [3.63, 3.8) is 0 Å². The van der Waals surface area contributed by atoms with Gasteiger partial charge in [-0.05, 0) is 141 Å². The number of aryl methyl sites for hydroxylation is 2. The summed E-state index contributed by atoms with van der Waals surface area (Å²) < 4.78 is 131. The van der Waals surface area contributed by atoms with Crippen molar-refractivity contribution in [2.24, 2.45) is 5.92 Å². The molecule has 0 spiro atoms. The number of hydroxylamine groups is 1. The van der Waals surface area contributed by atoms with Gasteiger partial charge >= 0.3 is 5.84 Å². The van der Waals surface area contributed by atoms with Gasteiger partial charge in [-0.25, -0.2) is 18.4 Å². The summed E-state index contributed by atoms with van der Waals surface area (Å²) in [5, 5.41) is 2.32. The minimum atomic E-state index is -4.55. The largest absolute Gasteiger partial charge is 0.497 e. The standard InChI is InChI=1S/C69H85N5O16S3/c1-12-71-60-33-31-56-58(42-49(5)44-62(56)93(82,83)84)67(60)74(8,9)64(71)21-17-13-16-20-63-69(6,7)59-32-30-55-57(41-48(4)43-61(55)92(79,80)81)66(59)72(63)34-18-14-15-19-51(75)46-89-38-37-87-35-36-88-39-40-90-53-24-22-50(23-25-53)45-73(65(47(2)3)68(76)70-86-11)91(77,78)54-28-26-52(85-10)27-29-54/h13,16-17,20-33,41-44,47,65H,12,14-15,18-19,34-40,45-46H2,1-11H3,(H-2,70,76,79,80,81,82,83,84)/p+2/t65-/m1/s1. The van der Waals surface area contributed by atoms with E-state index in [1.54, 1.807) is 69.3 Å². The second-order valence-electron chi connectivity index (χ2n) is 24.4. The van der Waals surface area contributed by atoms with Crippen molar-refractivity contribution < 1.29 is 77.0 Å². The first-order chi connectivity index (χ1) is 44.1. The van der Waals surface area contributed by atoms with E-state index in [9.17, 15) is 43.9 Å². The summed E-state index contributed by atoms with van der Waals surface area (Å²) in [7, 11) is -6.32. The molecule has 0 bridgehead atoms. The average Bonchev–Trinajstić information content (AvgIpc) is 1.60. The van der Waals surface area contributed by atoms with Gasteiger partial charge in [0.2, 0.25) is 15.7 Å². The SMILES string of the molecule is CC[N+]1=C(/C=C/C=C/C=C2/N(CCCCCC(=O)COCCOCCOCCOc3ccc(CN([C@@H](C(=O)NOC)C(C)C)S(=O)(=O)c4ccc(OC)cc4)cc3)c3c(ccc4c(S(=O)(=O)O)cc(C)cc34)C2(C)C)[N+](C)(C)c2c1ccc1c(S(=O)(=O)O)cc(C)cc21. The van der Waals surface area contributed by atoms with Gasteiger partial charge in [-0.2, -0.15) is 21.1 Å². The average molecular weight is 1340 g/mol. The highest BCUT2D eigenvalue weighted by molar-refractivity contribution is 7.89. The number of benzene rings is 6. The summed E-state index contributed by atoms with van der Waals surface area (Å²) in [6.07, 6.45) is 12.5. The van der Waals surface area contributed by atoms with Crippen molar-refractivity contribution in [1.29, 1.82) is 0 Å². The highest BCUT2D eigenvalue weighted by atomic mass is 32.2. The number of rotatable bonds is 33. The van der Waals surface area contributed by atoms with Crippen LogP contribution in [0.5, 0.6) is 11.5 Å². The molecule has 21 nitrogen and oxygen atoms in total. The molecule has 3 N–H and O–H groups in total. The first kappa shape index (κ1) is 71.6. The normalized spacial score (nSPS) is 15.6. The van der Waals surface area contributed by atoms with Crippen molar-refractivity contribution in [2.45, 2.75) is 107 Å². The van der Waals surface area contributed by atoms with Gasteiger partial charge in [-0.1, -0.05) is 70.5 Å². The molecular weight excluding hydrogens is 1250 g/mol. The van der Waals surface area contributed by atoms with Crippen LogP contribution in [-0.4, -0.2) is 154 Å². The van der Waals surface area contributed by atoms with E-state index in [4.69, 9.17) is 28.5 Å². The number of unbranched alkanes of at least 4 members (excludes halogenated alkanes) is 2. The Labute approximate surface area is 547 Å². The van der Waals surface area contributed by atoms with Gasteiger partial charge < -0.3 is 28.6 Å². The number of carbonyl (C=O) groups is 2. The van der Waals surface area contributed by atoms with Gasteiger partial charge in [-0.15, -0.1) is 4.58 Å². The second kappa shape index (κ2) is 30.5. The van der Waals surface area contributed by atoms with Gasteiger partial charge in [-0.3, -0.25) is 23.5 Å². The molecule has 0 unspecified atom stereocenters. The number of hydrogen-bond donors (Lipinski definition) is 3. The number of amidine groups is 1. The molecule has 0 aliphatic carbocycles. The number of ketones is 1. The number of fused-ring (bicyclic) bond motifs is 6. The summed E-state index contributed by atoms with van der Waals surface area (Å²) in [5.74, 6) is 0.967. The topological polar surface area (TPSA) is 254 Å². The third kappa shape index (κ3) is 16.5. The molecule has 1 amide bonds. The number of nitrogens with one attached hydrogen (secondary N) is 1. The minimum Gasteiger partial charge on any atom is -0.497 e. The van der Waals surface area contributed by atoms with E-state index in [-0.39, 0.29) is 60.0 Å². The maximum absolute atomic E-state index is 14.1. The van der Waals surface area contributed by atoms with Crippen LogP contribution in [0.1, 0.15) is 82.6 Å². The van der Waals surface area contributed by atoms with Gasteiger partial charge in [0.15, 0.2) is 12.3 Å². The molecule has 0 saturated heterocycles. The predicted molar refractivity (Wildman–Crippen MR) is 360 cm³/mol. The van der Waals surface area contributed by atoms with Gasteiger partial charge in [0.25, 0.3) is 31.8 Å². The summed E-state index contributed by atoms with van der Waals surface area (Å²) in [6, 6.07) is 26.1. The molecule has 6 aromatic carbocycles.